The fraction of sp³-hybridized carbons (Fsp3) is 0.310. The average Bonchev–Trinajstić information content (AvgIpc) is 3.31. The number of esters is 1. The first kappa shape index (κ1) is 26.4. The van der Waals surface area contributed by atoms with Gasteiger partial charge in [-0.2, -0.15) is 0 Å². The Labute approximate surface area is 228 Å². The summed E-state index contributed by atoms with van der Waals surface area (Å²) in [5.74, 6) is 0.196. The minimum absolute atomic E-state index is 0.117. The standard InChI is InChI=1S/C29H30N4O5S/c1-7-37-20-11-9-19(10-12-20)25-24(27(35)38-16(2)3)17(4)30-28-33(25)26(34)23(39-28)15-18-8-13-21-22(14-18)32(6)29(36)31(21)5/h8-16,25H,7H2,1-6H3/b23-15+/t25-/m1/s1. The van der Waals surface area contributed by atoms with Crippen molar-refractivity contribution in [1.82, 2.24) is 13.7 Å². The van der Waals surface area contributed by atoms with Gasteiger partial charge in [0.1, 0.15) is 5.75 Å². The van der Waals surface area contributed by atoms with E-state index in [0.29, 0.717) is 33.0 Å². The molecule has 0 N–H and O–H groups in total. The predicted octanol–water partition coefficient (Wildman–Crippen LogP) is 2.78. The van der Waals surface area contributed by atoms with Crippen LogP contribution in [0.5, 0.6) is 5.75 Å². The highest BCUT2D eigenvalue weighted by atomic mass is 32.1. The Morgan fingerprint density at radius 1 is 1.08 bits per heavy atom. The van der Waals surface area contributed by atoms with Crippen LogP contribution in [0.4, 0.5) is 0 Å². The molecule has 0 spiro atoms. The van der Waals surface area contributed by atoms with Crippen molar-refractivity contribution in [2.75, 3.05) is 6.61 Å². The highest BCUT2D eigenvalue weighted by Crippen LogP contribution is 2.32. The fourth-order valence-corrected chi connectivity index (χ4v) is 5.90. The molecule has 0 amide bonds. The molecular formula is C29H30N4O5S. The number of hydrogen-bond acceptors (Lipinski definition) is 7. The Morgan fingerprint density at radius 3 is 2.44 bits per heavy atom. The van der Waals surface area contributed by atoms with Gasteiger partial charge in [0.25, 0.3) is 5.56 Å². The maximum atomic E-state index is 13.9. The van der Waals surface area contributed by atoms with Gasteiger partial charge >= 0.3 is 11.7 Å². The Bertz CT molecular complexity index is 1870. The minimum Gasteiger partial charge on any atom is -0.494 e. The normalized spacial score (nSPS) is 15.6. The smallest absolute Gasteiger partial charge is 0.338 e. The van der Waals surface area contributed by atoms with Crippen molar-refractivity contribution in [3.05, 3.63) is 95.0 Å². The molecule has 10 heteroatoms. The lowest BCUT2D eigenvalue weighted by Crippen LogP contribution is -2.40. The molecule has 0 unspecified atom stereocenters. The zero-order chi connectivity index (χ0) is 28.0. The van der Waals surface area contributed by atoms with Crippen molar-refractivity contribution in [1.29, 1.82) is 0 Å². The van der Waals surface area contributed by atoms with Gasteiger partial charge in [-0.15, -0.1) is 0 Å². The van der Waals surface area contributed by atoms with E-state index in [-0.39, 0.29) is 17.4 Å². The van der Waals surface area contributed by atoms with Gasteiger partial charge < -0.3 is 9.47 Å². The topological polar surface area (TPSA) is 96.8 Å². The summed E-state index contributed by atoms with van der Waals surface area (Å²) in [5.41, 5.74) is 3.56. The molecule has 3 heterocycles. The highest BCUT2D eigenvalue weighted by Gasteiger charge is 2.33. The van der Waals surface area contributed by atoms with E-state index in [1.165, 1.54) is 11.3 Å². The molecular weight excluding hydrogens is 516 g/mol. The molecule has 0 saturated heterocycles. The van der Waals surface area contributed by atoms with Crippen LogP contribution in [0.15, 0.2) is 68.3 Å². The van der Waals surface area contributed by atoms with Crippen LogP contribution >= 0.6 is 11.3 Å². The van der Waals surface area contributed by atoms with Gasteiger partial charge in [-0.1, -0.05) is 29.5 Å². The molecule has 1 aliphatic heterocycles. The first-order valence-electron chi connectivity index (χ1n) is 12.7. The molecule has 0 fully saturated rings. The summed E-state index contributed by atoms with van der Waals surface area (Å²) in [5, 5.41) is 0. The first-order valence-corrected chi connectivity index (χ1v) is 13.5. The second-order valence-electron chi connectivity index (χ2n) is 9.69. The number of fused-ring (bicyclic) bond motifs is 2. The summed E-state index contributed by atoms with van der Waals surface area (Å²) in [4.78, 5) is 44.6. The molecule has 0 radical (unpaired) electrons. The van der Waals surface area contributed by atoms with Crippen LogP contribution in [0, 0.1) is 0 Å². The Morgan fingerprint density at radius 2 is 1.77 bits per heavy atom. The maximum absolute atomic E-state index is 13.9. The molecule has 2 aromatic heterocycles. The van der Waals surface area contributed by atoms with Crippen molar-refractivity contribution >= 4 is 34.4 Å². The van der Waals surface area contributed by atoms with E-state index in [1.807, 2.05) is 49.4 Å². The van der Waals surface area contributed by atoms with Crippen LogP contribution in [-0.4, -0.2) is 32.4 Å². The quantitative estimate of drug-likeness (QED) is 0.347. The lowest BCUT2D eigenvalue weighted by Gasteiger charge is -2.25. The molecule has 202 valence electrons. The number of benzene rings is 2. The molecule has 0 bridgehead atoms. The second kappa shape index (κ2) is 10.2. The molecule has 9 nitrogen and oxygen atoms in total. The van der Waals surface area contributed by atoms with Crippen LogP contribution < -0.4 is 25.3 Å². The summed E-state index contributed by atoms with van der Waals surface area (Å²) in [6.07, 6.45) is 1.47. The molecule has 0 aliphatic carbocycles. The number of rotatable bonds is 6. The fourth-order valence-electron chi connectivity index (χ4n) is 4.85. The Hall–Kier alpha value is -4.18. The molecule has 39 heavy (non-hydrogen) atoms. The number of carbonyl (C=O) groups excluding carboxylic acids is 1. The molecule has 1 atom stereocenters. The number of aryl methyl sites for hydroxylation is 2. The first-order chi connectivity index (χ1) is 18.6. The number of ether oxygens (including phenoxy) is 2. The number of nitrogens with zero attached hydrogens (tertiary/aromatic N) is 4. The van der Waals surface area contributed by atoms with Crippen molar-refractivity contribution < 1.29 is 14.3 Å². The van der Waals surface area contributed by atoms with Crippen molar-refractivity contribution in [3.63, 3.8) is 0 Å². The number of allylic oxidation sites excluding steroid dienone is 1. The van der Waals surface area contributed by atoms with E-state index in [0.717, 1.165) is 22.2 Å². The van der Waals surface area contributed by atoms with E-state index in [4.69, 9.17) is 9.47 Å². The zero-order valence-electron chi connectivity index (χ0n) is 22.7. The number of thiazole rings is 1. The third kappa shape index (κ3) is 4.65. The average molecular weight is 547 g/mol. The third-order valence-corrected chi connectivity index (χ3v) is 7.67. The van der Waals surface area contributed by atoms with Crippen LogP contribution in [0.2, 0.25) is 0 Å². The van der Waals surface area contributed by atoms with Gasteiger partial charge in [0.2, 0.25) is 0 Å². The number of aromatic nitrogens is 3. The molecule has 1 aliphatic rings. The number of hydrogen-bond donors (Lipinski definition) is 0. The molecule has 4 aromatic rings. The van der Waals surface area contributed by atoms with Crippen LogP contribution in [0.1, 0.15) is 44.9 Å². The molecule has 0 saturated carbocycles. The monoisotopic (exact) mass is 546 g/mol. The van der Waals surface area contributed by atoms with Gasteiger partial charge in [-0.3, -0.25) is 18.5 Å². The van der Waals surface area contributed by atoms with Gasteiger partial charge in [0.15, 0.2) is 4.80 Å². The SMILES string of the molecule is CCOc1ccc([C@@H]2C(C(=O)OC(C)C)=C(C)N=c3s/c(=C/c4ccc5c(c4)n(C)c(=O)n5C)c(=O)n32)cc1. The maximum Gasteiger partial charge on any atom is 0.338 e. The van der Waals surface area contributed by atoms with Crippen molar-refractivity contribution in [3.8, 4) is 5.75 Å². The van der Waals surface area contributed by atoms with E-state index < -0.39 is 12.0 Å². The third-order valence-electron chi connectivity index (χ3n) is 6.68. The highest BCUT2D eigenvalue weighted by molar-refractivity contribution is 7.07. The summed E-state index contributed by atoms with van der Waals surface area (Å²) in [6.45, 7) is 7.78. The molecule has 2 aromatic carbocycles. The summed E-state index contributed by atoms with van der Waals surface area (Å²) in [6, 6.07) is 12.3. The Kier molecular flexibility index (Phi) is 6.90. The predicted molar refractivity (Wildman–Crippen MR) is 151 cm³/mol. The van der Waals surface area contributed by atoms with E-state index in [9.17, 15) is 14.4 Å². The van der Waals surface area contributed by atoms with Crippen LogP contribution in [0.25, 0.3) is 17.1 Å². The van der Waals surface area contributed by atoms with Gasteiger partial charge in [0.05, 0.1) is 45.6 Å². The largest absolute Gasteiger partial charge is 0.494 e. The van der Waals surface area contributed by atoms with Crippen LogP contribution in [-0.2, 0) is 23.6 Å². The summed E-state index contributed by atoms with van der Waals surface area (Å²) < 4.78 is 16.4. The summed E-state index contributed by atoms with van der Waals surface area (Å²) >= 11 is 1.26. The Balaban J connectivity index is 1.69. The van der Waals surface area contributed by atoms with E-state index in [1.54, 1.807) is 54.6 Å². The molecule has 5 rings (SSSR count). The zero-order valence-corrected chi connectivity index (χ0v) is 23.5. The number of imidazole rings is 1. The van der Waals surface area contributed by atoms with Crippen molar-refractivity contribution in [2.45, 2.75) is 39.8 Å². The van der Waals surface area contributed by atoms with Gasteiger partial charge in [-0.05, 0) is 69.2 Å². The summed E-state index contributed by atoms with van der Waals surface area (Å²) in [7, 11) is 3.45. The van der Waals surface area contributed by atoms with Crippen LogP contribution in [0.3, 0.4) is 0 Å². The number of carbonyl (C=O) groups is 1. The lowest BCUT2D eigenvalue weighted by molar-refractivity contribution is -0.143. The second-order valence-corrected chi connectivity index (χ2v) is 10.7. The van der Waals surface area contributed by atoms with Crippen molar-refractivity contribution in [2.24, 2.45) is 19.1 Å². The van der Waals surface area contributed by atoms with E-state index >= 15 is 0 Å². The minimum atomic E-state index is -0.706. The van der Waals surface area contributed by atoms with Gasteiger partial charge in [-0.25, -0.2) is 14.6 Å². The van der Waals surface area contributed by atoms with Gasteiger partial charge in [0, 0.05) is 14.1 Å². The van der Waals surface area contributed by atoms with E-state index in [2.05, 4.69) is 4.99 Å². The lowest BCUT2D eigenvalue weighted by atomic mass is 9.96.